The number of anilines is 2. The molecule has 0 radical (unpaired) electrons. The van der Waals surface area contributed by atoms with Gasteiger partial charge in [-0.05, 0) is 125 Å². The summed E-state index contributed by atoms with van der Waals surface area (Å²) in [7, 11) is -18.8. The lowest BCUT2D eigenvalue weighted by molar-refractivity contribution is 0.269. The van der Waals surface area contributed by atoms with E-state index in [2.05, 4.69) is 15.0 Å². The number of nitrogens with one attached hydrogen (secondary N) is 2. The predicted molar refractivity (Wildman–Crippen MR) is 246 cm³/mol. The maximum Gasteiger partial charge on any atom is 0.296 e. The van der Waals surface area contributed by atoms with E-state index >= 15 is 0 Å². The first kappa shape index (κ1) is 48.5. The fourth-order valence-corrected chi connectivity index (χ4v) is 13.2. The third-order valence-corrected chi connectivity index (χ3v) is 15.6. The quantitative estimate of drug-likeness (QED) is 0.0601. The highest BCUT2D eigenvalue weighted by Gasteiger charge is 2.34. The Morgan fingerprint density at radius 1 is 0.625 bits per heavy atom. The standard InChI is InChI=1S/C45H51N3O12S4/c1-24-18-26(3)42(63(54,55)56)28(5)40(24)46-30-16-17-31-35(20-30)60-36-22-34(47-41-25(2)19-27(4)43(29(41)6)64(57,58)59)38(62(51,52)53)21-33(36)39(31)32-14-12-13-15-37(32)61(49,50)48-45(10,11)23-44(7,8)9/h12-22,46,48H,23H2,1-11H3,(H,51,52,53)(H,54,55,56)(H,57,58,59)/b47-34+. The van der Waals surface area contributed by atoms with Crippen LogP contribution in [0.25, 0.3) is 33.4 Å². The topological polar surface area (TPSA) is 247 Å². The Labute approximate surface area is 374 Å². The summed E-state index contributed by atoms with van der Waals surface area (Å²) in [4.78, 5) is 2.99. The molecule has 1 heterocycles. The number of hydrogen-bond donors (Lipinski definition) is 5. The molecule has 0 saturated carbocycles. The van der Waals surface area contributed by atoms with Crippen LogP contribution in [-0.4, -0.2) is 52.9 Å². The second-order valence-corrected chi connectivity index (χ2v) is 23.8. The van der Waals surface area contributed by atoms with E-state index < -0.39 is 55.7 Å². The Balaban J connectivity index is 1.74. The number of sulfonamides is 1. The molecular weight excluding hydrogens is 903 g/mol. The maximum absolute atomic E-state index is 14.5. The Morgan fingerprint density at radius 2 is 1.20 bits per heavy atom. The number of fused-ring (bicyclic) bond motifs is 2. The van der Waals surface area contributed by atoms with E-state index in [-0.39, 0.29) is 71.0 Å². The highest BCUT2D eigenvalue weighted by atomic mass is 32.2. The normalized spacial score (nSPS) is 13.6. The van der Waals surface area contributed by atoms with Crippen molar-refractivity contribution in [2.24, 2.45) is 10.4 Å². The van der Waals surface area contributed by atoms with Gasteiger partial charge in [-0.2, -0.15) is 25.3 Å². The largest absolute Gasteiger partial charge is 0.456 e. The molecule has 0 aromatic heterocycles. The van der Waals surface area contributed by atoms with E-state index in [1.54, 1.807) is 84.0 Å². The molecule has 19 heteroatoms. The van der Waals surface area contributed by atoms with Gasteiger partial charge in [-0.25, -0.2) is 18.1 Å². The molecule has 0 fully saturated rings. The molecule has 1 aliphatic carbocycles. The smallest absolute Gasteiger partial charge is 0.296 e. The van der Waals surface area contributed by atoms with Gasteiger partial charge >= 0.3 is 0 Å². The predicted octanol–water partition coefficient (Wildman–Crippen LogP) is 9.26. The fourth-order valence-electron chi connectivity index (χ4n) is 9.00. The summed E-state index contributed by atoms with van der Waals surface area (Å²) in [5.74, 6) is -0.0344. The van der Waals surface area contributed by atoms with Crippen molar-refractivity contribution >= 4 is 68.4 Å². The van der Waals surface area contributed by atoms with Crippen LogP contribution in [0.5, 0.6) is 0 Å². The second kappa shape index (κ2) is 16.5. The van der Waals surface area contributed by atoms with Crippen molar-refractivity contribution in [2.75, 3.05) is 5.32 Å². The van der Waals surface area contributed by atoms with Crippen LogP contribution < -0.4 is 15.4 Å². The number of aryl methyl sites for hydroxylation is 4. The summed E-state index contributed by atoms with van der Waals surface area (Å²) in [5, 5.41) is 3.16. The minimum absolute atomic E-state index is 0.00751. The van der Waals surface area contributed by atoms with E-state index in [0.717, 1.165) is 6.07 Å². The van der Waals surface area contributed by atoms with Crippen molar-refractivity contribution in [2.45, 2.75) is 108 Å². The van der Waals surface area contributed by atoms with Gasteiger partial charge in [0.2, 0.25) is 10.0 Å². The molecule has 4 aromatic carbocycles. The number of rotatable bonds is 11. The third-order valence-electron chi connectivity index (χ3n) is 10.7. The van der Waals surface area contributed by atoms with Gasteiger partial charge in [0.1, 0.15) is 26.0 Å². The zero-order valence-corrected chi connectivity index (χ0v) is 40.4. The Morgan fingerprint density at radius 3 is 1.78 bits per heavy atom. The summed E-state index contributed by atoms with van der Waals surface area (Å²) in [5.41, 5.74) is 1.99. The molecule has 0 saturated heterocycles. The highest BCUT2D eigenvalue weighted by Crippen LogP contribution is 2.45. The average molecular weight is 954 g/mol. The third kappa shape index (κ3) is 9.81. The van der Waals surface area contributed by atoms with Gasteiger partial charge in [0.25, 0.3) is 30.4 Å². The van der Waals surface area contributed by atoms with Gasteiger partial charge in [-0.1, -0.05) is 51.1 Å². The molecule has 4 aromatic rings. The minimum atomic E-state index is -5.12. The lowest BCUT2D eigenvalue weighted by Crippen LogP contribution is -2.45. The zero-order valence-electron chi connectivity index (χ0n) is 37.2. The summed E-state index contributed by atoms with van der Waals surface area (Å²) >= 11 is 0. The Kier molecular flexibility index (Phi) is 12.5. The monoisotopic (exact) mass is 953 g/mol. The summed E-state index contributed by atoms with van der Waals surface area (Å²) in [6.07, 6.45) is 0.467. The molecular formula is C45H51N3O12S4. The van der Waals surface area contributed by atoms with Crippen molar-refractivity contribution in [1.29, 1.82) is 0 Å². The van der Waals surface area contributed by atoms with Gasteiger partial charge in [0.05, 0.1) is 15.9 Å². The molecule has 0 bridgehead atoms. The van der Waals surface area contributed by atoms with Crippen molar-refractivity contribution in [3.05, 3.63) is 105 Å². The Hall–Kier alpha value is -4.99. The minimum Gasteiger partial charge on any atom is -0.456 e. The average Bonchev–Trinajstić information content (AvgIpc) is 3.10. The Bertz CT molecular complexity index is 3420. The maximum atomic E-state index is 14.5. The summed E-state index contributed by atoms with van der Waals surface area (Å²) < 4.78 is 146. The van der Waals surface area contributed by atoms with Crippen molar-refractivity contribution in [3.63, 3.8) is 0 Å². The van der Waals surface area contributed by atoms with Crippen LogP contribution in [0.1, 0.15) is 74.4 Å². The van der Waals surface area contributed by atoms with Crippen molar-refractivity contribution in [3.8, 4) is 22.5 Å². The molecule has 0 unspecified atom stereocenters. The molecule has 0 atom stereocenters. The number of hydrogen-bond acceptors (Lipinski definition) is 11. The fraction of sp³-hybridized carbons (Fsp3) is 0.311. The van der Waals surface area contributed by atoms with Crippen LogP contribution in [0.2, 0.25) is 0 Å². The molecule has 342 valence electrons. The molecule has 6 rings (SSSR count). The van der Waals surface area contributed by atoms with E-state index in [1.165, 1.54) is 32.0 Å². The van der Waals surface area contributed by atoms with Gasteiger partial charge in [-0.15, -0.1) is 0 Å². The van der Waals surface area contributed by atoms with Gasteiger partial charge in [0, 0.05) is 51.1 Å². The zero-order chi connectivity index (χ0) is 47.9. The van der Waals surface area contributed by atoms with Crippen LogP contribution in [0, 0.1) is 47.0 Å². The molecule has 5 N–H and O–H groups in total. The summed E-state index contributed by atoms with van der Waals surface area (Å²) in [6, 6.07) is 16.4. The van der Waals surface area contributed by atoms with E-state index in [0.29, 0.717) is 39.9 Å². The van der Waals surface area contributed by atoms with E-state index in [9.17, 15) is 47.3 Å². The van der Waals surface area contributed by atoms with Crippen LogP contribution in [-0.2, 0) is 40.4 Å². The first-order valence-corrected chi connectivity index (χ1v) is 25.6. The first-order valence-electron chi connectivity index (χ1n) is 19.8. The molecule has 0 spiro atoms. The number of benzene rings is 5. The summed E-state index contributed by atoms with van der Waals surface area (Å²) in [6.45, 7) is 18.9. The highest BCUT2D eigenvalue weighted by molar-refractivity contribution is 7.89. The lowest BCUT2D eigenvalue weighted by atomic mass is 9.82. The molecule has 64 heavy (non-hydrogen) atoms. The van der Waals surface area contributed by atoms with Crippen molar-refractivity contribution in [1.82, 2.24) is 4.72 Å². The van der Waals surface area contributed by atoms with Crippen LogP contribution >= 0.6 is 0 Å². The van der Waals surface area contributed by atoms with E-state index in [4.69, 9.17) is 4.42 Å². The molecule has 0 amide bonds. The van der Waals surface area contributed by atoms with Gasteiger partial charge < -0.3 is 9.73 Å². The first-order chi connectivity index (χ1) is 29.2. The molecule has 1 aliphatic heterocycles. The SMILES string of the molecule is Cc1cc(C)c(S(=O)(=O)O)c(C)c1/N=c1\cc2oc3cc(Nc4c(C)cc(C)c(S(=O)(=O)O)c4C)ccc3c(-c3ccccc3S(=O)(=O)NC(C)(C)CC(C)(C)C)c-2cc1S(=O)(=O)O. The van der Waals surface area contributed by atoms with E-state index in [1.807, 2.05) is 20.8 Å². The lowest BCUT2D eigenvalue weighted by Gasteiger charge is -2.33. The molecule has 15 nitrogen and oxygen atoms in total. The van der Waals surface area contributed by atoms with Crippen molar-refractivity contribution < 1.29 is 51.7 Å². The second-order valence-electron chi connectivity index (χ2n) is 18.0. The van der Waals surface area contributed by atoms with Gasteiger partial charge in [0.15, 0.2) is 0 Å². The van der Waals surface area contributed by atoms with Crippen LogP contribution in [0.3, 0.4) is 0 Å². The van der Waals surface area contributed by atoms with Crippen LogP contribution in [0.4, 0.5) is 17.1 Å². The molecule has 2 aliphatic rings. The van der Waals surface area contributed by atoms with Gasteiger partial charge in [-0.3, -0.25) is 13.7 Å². The van der Waals surface area contributed by atoms with Crippen LogP contribution in [0.15, 0.2) is 95.7 Å². The number of nitrogens with zero attached hydrogens (tertiary/aromatic N) is 1.